The minimum atomic E-state index is 0.615. The molecule has 0 bridgehead atoms. The molecule has 1 atom stereocenters. The molecule has 2 aromatic heterocycles. The monoisotopic (exact) mass is 280 g/mol. The Kier molecular flexibility index (Phi) is 5.04. The molecule has 2 heterocycles. The van der Waals surface area contributed by atoms with Gasteiger partial charge in [-0.1, -0.05) is 19.0 Å². The molecule has 2 N–H and O–H groups in total. The minimum absolute atomic E-state index is 0.615. The molecule has 0 saturated heterocycles. The van der Waals surface area contributed by atoms with Crippen LogP contribution in [0.5, 0.6) is 0 Å². The normalized spacial score (nSPS) is 13.1. The third-order valence-electron chi connectivity index (χ3n) is 3.33. The number of hydrogen-bond donors (Lipinski definition) is 1. The number of nitrogens with two attached hydrogens (primary N) is 1. The van der Waals surface area contributed by atoms with Crippen molar-refractivity contribution in [1.29, 1.82) is 0 Å². The van der Waals surface area contributed by atoms with Gasteiger partial charge in [-0.2, -0.15) is 4.98 Å². The SMILES string of the molecule is CC(C)C(CCN)CCc1nc(-c2cncs2)no1. The van der Waals surface area contributed by atoms with Crippen molar-refractivity contribution in [1.82, 2.24) is 15.1 Å². The number of hydrogen-bond acceptors (Lipinski definition) is 6. The largest absolute Gasteiger partial charge is 0.339 e. The molecule has 0 spiro atoms. The van der Waals surface area contributed by atoms with E-state index < -0.39 is 0 Å². The van der Waals surface area contributed by atoms with Crippen LogP contribution in [-0.4, -0.2) is 21.7 Å². The van der Waals surface area contributed by atoms with Crippen LogP contribution in [0.4, 0.5) is 0 Å². The fourth-order valence-corrected chi connectivity index (χ4v) is 2.66. The van der Waals surface area contributed by atoms with Crippen LogP contribution in [0.2, 0.25) is 0 Å². The first-order valence-corrected chi connectivity index (χ1v) is 7.50. The van der Waals surface area contributed by atoms with E-state index in [-0.39, 0.29) is 0 Å². The van der Waals surface area contributed by atoms with Gasteiger partial charge in [0.25, 0.3) is 0 Å². The van der Waals surface area contributed by atoms with Crippen LogP contribution in [-0.2, 0) is 6.42 Å². The fourth-order valence-electron chi connectivity index (χ4n) is 2.12. The van der Waals surface area contributed by atoms with Crippen LogP contribution >= 0.6 is 11.3 Å². The number of nitrogens with zero attached hydrogens (tertiary/aromatic N) is 3. The number of thiazole rings is 1. The molecule has 0 radical (unpaired) electrons. The molecule has 0 aliphatic rings. The van der Waals surface area contributed by atoms with E-state index in [0.29, 0.717) is 23.6 Å². The maximum absolute atomic E-state index is 5.65. The molecule has 0 aliphatic carbocycles. The average Bonchev–Trinajstić information content (AvgIpc) is 3.04. The third kappa shape index (κ3) is 3.84. The van der Waals surface area contributed by atoms with Crippen LogP contribution in [0.3, 0.4) is 0 Å². The van der Waals surface area contributed by atoms with E-state index in [2.05, 4.69) is 29.0 Å². The van der Waals surface area contributed by atoms with Crippen LogP contribution in [0.1, 0.15) is 32.6 Å². The molecule has 0 aromatic carbocycles. The van der Waals surface area contributed by atoms with Gasteiger partial charge in [-0.15, -0.1) is 11.3 Å². The van der Waals surface area contributed by atoms with E-state index in [0.717, 1.165) is 30.7 Å². The van der Waals surface area contributed by atoms with Gasteiger partial charge in [-0.05, 0) is 31.2 Å². The van der Waals surface area contributed by atoms with E-state index in [9.17, 15) is 0 Å². The molecular formula is C13H20N4OS. The van der Waals surface area contributed by atoms with Crippen molar-refractivity contribution in [2.24, 2.45) is 17.6 Å². The summed E-state index contributed by atoms with van der Waals surface area (Å²) in [6.07, 6.45) is 4.66. The zero-order chi connectivity index (χ0) is 13.7. The quantitative estimate of drug-likeness (QED) is 0.843. The lowest BCUT2D eigenvalue weighted by Crippen LogP contribution is -2.15. The highest BCUT2D eigenvalue weighted by atomic mass is 32.1. The van der Waals surface area contributed by atoms with Crippen molar-refractivity contribution in [2.75, 3.05) is 6.54 Å². The molecule has 2 aromatic rings. The summed E-state index contributed by atoms with van der Waals surface area (Å²) in [6, 6.07) is 0. The number of aromatic nitrogens is 3. The van der Waals surface area contributed by atoms with E-state index in [4.69, 9.17) is 10.3 Å². The predicted molar refractivity (Wildman–Crippen MR) is 75.7 cm³/mol. The second-order valence-electron chi connectivity index (χ2n) is 5.00. The van der Waals surface area contributed by atoms with Gasteiger partial charge in [0.15, 0.2) is 0 Å². The molecule has 19 heavy (non-hydrogen) atoms. The van der Waals surface area contributed by atoms with Crippen molar-refractivity contribution in [3.05, 3.63) is 17.6 Å². The summed E-state index contributed by atoms with van der Waals surface area (Å²) < 4.78 is 5.28. The first-order valence-electron chi connectivity index (χ1n) is 6.62. The maximum Gasteiger partial charge on any atom is 0.226 e. The van der Waals surface area contributed by atoms with Gasteiger partial charge in [0.2, 0.25) is 11.7 Å². The molecule has 5 nitrogen and oxygen atoms in total. The Morgan fingerprint density at radius 1 is 1.37 bits per heavy atom. The zero-order valence-corrected chi connectivity index (χ0v) is 12.2. The average molecular weight is 280 g/mol. The Morgan fingerprint density at radius 2 is 2.21 bits per heavy atom. The van der Waals surface area contributed by atoms with Crippen LogP contribution in [0.25, 0.3) is 10.7 Å². The molecule has 0 aliphatic heterocycles. The van der Waals surface area contributed by atoms with Crippen molar-refractivity contribution in [3.63, 3.8) is 0 Å². The molecular weight excluding hydrogens is 260 g/mol. The molecule has 104 valence electrons. The standard InChI is InChI=1S/C13H20N4OS/c1-9(2)10(5-6-14)3-4-12-16-13(17-18-12)11-7-15-8-19-11/h7-10H,3-6,14H2,1-2H3. The van der Waals surface area contributed by atoms with Crippen LogP contribution in [0, 0.1) is 11.8 Å². The Morgan fingerprint density at radius 3 is 2.84 bits per heavy atom. The summed E-state index contributed by atoms with van der Waals surface area (Å²) >= 11 is 1.51. The van der Waals surface area contributed by atoms with E-state index in [1.54, 1.807) is 11.7 Å². The summed E-state index contributed by atoms with van der Waals surface area (Å²) in [5, 5.41) is 3.99. The number of rotatable bonds is 7. The van der Waals surface area contributed by atoms with Gasteiger partial charge in [0, 0.05) is 12.6 Å². The highest BCUT2D eigenvalue weighted by Crippen LogP contribution is 2.23. The molecule has 0 fully saturated rings. The lowest BCUT2D eigenvalue weighted by molar-refractivity contribution is 0.313. The van der Waals surface area contributed by atoms with Gasteiger partial charge in [0.05, 0.1) is 10.4 Å². The molecule has 0 saturated carbocycles. The second kappa shape index (κ2) is 6.77. The van der Waals surface area contributed by atoms with Gasteiger partial charge in [-0.3, -0.25) is 4.98 Å². The maximum atomic E-state index is 5.65. The Hall–Kier alpha value is -1.27. The summed E-state index contributed by atoms with van der Waals surface area (Å²) in [7, 11) is 0. The van der Waals surface area contributed by atoms with E-state index in [1.807, 2.05) is 0 Å². The van der Waals surface area contributed by atoms with E-state index in [1.165, 1.54) is 11.3 Å². The van der Waals surface area contributed by atoms with Crippen molar-refractivity contribution in [2.45, 2.75) is 33.1 Å². The van der Waals surface area contributed by atoms with Crippen LogP contribution < -0.4 is 5.73 Å². The Bertz CT molecular complexity index is 481. The van der Waals surface area contributed by atoms with Gasteiger partial charge < -0.3 is 10.3 Å². The topological polar surface area (TPSA) is 77.8 Å². The van der Waals surface area contributed by atoms with Gasteiger partial charge in [-0.25, -0.2) is 0 Å². The summed E-state index contributed by atoms with van der Waals surface area (Å²) in [5.41, 5.74) is 7.41. The predicted octanol–water partition coefficient (Wildman–Crippen LogP) is 2.75. The van der Waals surface area contributed by atoms with Crippen molar-refractivity contribution >= 4 is 11.3 Å². The highest BCUT2D eigenvalue weighted by Gasteiger charge is 2.15. The molecule has 1 unspecified atom stereocenters. The highest BCUT2D eigenvalue weighted by molar-refractivity contribution is 7.13. The van der Waals surface area contributed by atoms with Gasteiger partial charge >= 0.3 is 0 Å². The van der Waals surface area contributed by atoms with Crippen molar-refractivity contribution in [3.8, 4) is 10.7 Å². The zero-order valence-electron chi connectivity index (χ0n) is 11.4. The van der Waals surface area contributed by atoms with Gasteiger partial charge in [0.1, 0.15) is 0 Å². The summed E-state index contributed by atoms with van der Waals surface area (Å²) in [6.45, 7) is 5.20. The summed E-state index contributed by atoms with van der Waals surface area (Å²) in [4.78, 5) is 9.36. The number of aryl methyl sites for hydroxylation is 1. The molecule has 2 rings (SSSR count). The lowest BCUT2D eigenvalue weighted by atomic mass is 9.88. The Labute approximate surface area is 117 Å². The summed E-state index contributed by atoms with van der Waals surface area (Å²) in [5.74, 6) is 2.58. The fraction of sp³-hybridized carbons (Fsp3) is 0.615. The molecule has 0 amide bonds. The van der Waals surface area contributed by atoms with Crippen molar-refractivity contribution < 1.29 is 4.52 Å². The van der Waals surface area contributed by atoms with E-state index >= 15 is 0 Å². The first kappa shape index (κ1) is 14.1. The first-order chi connectivity index (χ1) is 9.20. The minimum Gasteiger partial charge on any atom is -0.339 e. The smallest absolute Gasteiger partial charge is 0.226 e. The Balaban J connectivity index is 1.93. The molecule has 6 heteroatoms. The lowest BCUT2D eigenvalue weighted by Gasteiger charge is -2.18. The third-order valence-corrected chi connectivity index (χ3v) is 4.10. The van der Waals surface area contributed by atoms with Crippen LogP contribution in [0.15, 0.2) is 16.2 Å². The second-order valence-corrected chi connectivity index (χ2v) is 5.88.